The molecule has 0 saturated carbocycles. The van der Waals surface area contributed by atoms with E-state index in [1.54, 1.807) is 0 Å². The molecule has 0 heterocycles. The van der Waals surface area contributed by atoms with E-state index < -0.39 is 0 Å². The lowest BCUT2D eigenvalue weighted by Crippen LogP contribution is -2.44. The van der Waals surface area contributed by atoms with E-state index in [1.807, 2.05) is 37.9 Å². The first-order valence-electron chi connectivity index (χ1n) is 7.35. The lowest BCUT2D eigenvalue weighted by atomic mass is 9.96. The Labute approximate surface area is 136 Å². The molecule has 0 fully saturated rings. The van der Waals surface area contributed by atoms with Crippen LogP contribution in [0.15, 0.2) is 28.7 Å². The predicted octanol–water partition coefficient (Wildman–Crippen LogP) is 2.68. The smallest absolute Gasteiger partial charge is 0.234 e. The fraction of sp³-hybridized carbons (Fsp3) is 0.562. The van der Waals surface area contributed by atoms with Crippen molar-refractivity contribution in [2.24, 2.45) is 5.73 Å². The van der Waals surface area contributed by atoms with Crippen molar-refractivity contribution >= 4 is 21.8 Å². The number of rotatable bonds is 7. The maximum absolute atomic E-state index is 12.0. The topological polar surface area (TPSA) is 58.4 Å². The van der Waals surface area contributed by atoms with Crippen molar-refractivity contribution in [1.82, 2.24) is 10.2 Å². The van der Waals surface area contributed by atoms with Crippen LogP contribution >= 0.6 is 15.9 Å². The summed E-state index contributed by atoms with van der Waals surface area (Å²) in [7, 11) is 1.95. The lowest BCUT2D eigenvalue weighted by Gasteiger charge is -2.32. The van der Waals surface area contributed by atoms with Crippen LogP contribution in [0.3, 0.4) is 0 Å². The number of nitrogens with zero attached hydrogens (tertiary/aromatic N) is 1. The maximum Gasteiger partial charge on any atom is 0.234 e. The highest BCUT2D eigenvalue weighted by Gasteiger charge is 2.24. The highest BCUT2D eigenvalue weighted by atomic mass is 79.9. The van der Waals surface area contributed by atoms with Crippen molar-refractivity contribution in [1.29, 1.82) is 0 Å². The van der Waals surface area contributed by atoms with Crippen LogP contribution in [0.1, 0.15) is 38.8 Å². The van der Waals surface area contributed by atoms with Crippen molar-refractivity contribution in [3.63, 3.8) is 0 Å². The molecule has 5 heteroatoms. The summed E-state index contributed by atoms with van der Waals surface area (Å²) in [5.41, 5.74) is 7.41. The van der Waals surface area contributed by atoms with E-state index >= 15 is 0 Å². The third-order valence-electron chi connectivity index (χ3n) is 3.38. The molecule has 0 saturated heterocycles. The molecule has 1 amide bonds. The molecular formula is C16H26BrN3O. The summed E-state index contributed by atoms with van der Waals surface area (Å²) in [6.07, 6.45) is 0.854. The van der Waals surface area contributed by atoms with Crippen LogP contribution in [0.4, 0.5) is 0 Å². The van der Waals surface area contributed by atoms with Crippen molar-refractivity contribution in [3.05, 3.63) is 34.3 Å². The zero-order valence-corrected chi connectivity index (χ0v) is 14.9. The summed E-state index contributed by atoms with van der Waals surface area (Å²) in [5.74, 6) is 0.0239. The molecule has 2 unspecified atom stereocenters. The van der Waals surface area contributed by atoms with Crippen LogP contribution in [0.2, 0.25) is 0 Å². The average Bonchev–Trinajstić information content (AvgIpc) is 2.37. The van der Waals surface area contributed by atoms with Gasteiger partial charge in [-0.05, 0) is 45.0 Å². The minimum absolute atomic E-state index is 0.0175. The van der Waals surface area contributed by atoms with Gasteiger partial charge >= 0.3 is 0 Å². The van der Waals surface area contributed by atoms with E-state index in [4.69, 9.17) is 5.73 Å². The summed E-state index contributed by atoms with van der Waals surface area (Å²) in [4.78, 5) is 14.0. The molecule has 0 aliphatic rings. The van der Waals surface area contributed by atoms with Crippen molar-refractivity contribution in [3.8, 4) is 0 Å². The Balaban J connectivity index is 2.90. The molecule has 1 aromatic rings. The molecule has 0 radical (unpaired) electrons. The monoisotopic (exact) mass is 355 g/mol. The highest BCUT2D eigenvalue weighted by Crippen LogP contribution is 2.26. The molecule has 2 atom stereocenters. The van der Waals surface area contributed by atoms with Gasteiger partial charge in [-0.25, -0.2) is 0 Å². The number of carbonyl (C=O) groups excluding carboxylic acids is 1. The molecule has 3 N–H and O–H groups in total. The maximum atomic E-state index is 12.0. The van der Waals surface area contributed by atoms with E-state index in [0.717, 1.165) is 16.5 Å². The van der Waals surface area contributed by atoms with Gasteiger partial charge < -0.3 is 11.1 Å². The van der Waals surface area contributed by atoms with Gasteiger partial charge in [-0.3, -0.25) is 9.69 Å². The Bertz CT molecular complexity index is 465. The molecule has 4 nitrogen and oxygen atoms in total. The van der Waals surface area contributed by atoms with Gasteiger partial charge in [-0.15, -0.1) is 0 Å². The average molecular weight is 356 g/mol. The lowest BCUT2D eigenvalue weighted by molar-refractivity contribution is -0.123. The number of nitrogens with two attached hydrogens (primary N) is 1. The molecule has 1 aromatic carbocycles. The van der Waals surface area contributed by atoms with Gasteiger partial charge in [0.25, 0.3) is 0 Å². The van der Waals surface area contributed by atoms with E-state index in [1.165, 1.54) is 0 Å². The molecule has 118 valence electrons. The second-order valence-electron chi connectivity index (χ2n) is 5.71. The Kier molecular flexibility index (Phi) is 7.35. The second kappa shape index (κ2) is 8.51. The number of halogens is 1. The first-order chi connectivity index (χ1) is 9.85. The molecule has 1 rings (SSSR count). The van der Waals surface area contributed by atoms with Gasteiger partial charge in [0, 0.05) is 16.6 Å². The number of hydrogen-bond acceptors (Lipinski definition) is 3. The molecule has 0 aliphatic heterocycles. The molecule has 21 heavy (non-hydrogen) atoms. The predicted molar refractivity (Wildman–Crippen MR) is 91.1 cm³/mol. The van der Waals surface area contributed by atoms with Gasteiger partial charge in [0.1, 0.15) is 0 Å². The Morgan fingerprint density at radius 1 is 1.43 bits per heavy atom. The standard InChI is InChI=1S/C16H26BrN3O/c1-5-14(18)16(12-7-6-8-13(17)9-12)20(4)10-15(21)19-11(2)3/h6-9,11,14,16H,5,10,18H2,1-4H3,(H,19,21). The van der Waals surface area contributed by atoms with Crippen molar-refractivity contribution in [2.75, 3.05) is 13.6 Å². The third-order valence-corrected chi connectivity index (χ3v) is 3.88. The number of benzene rings is 1. The minimum atomic E-state index is -0.0175. The Hall–Kier alpha value is -0.910. The number of hydrogen-bond donors (Lipinski definition) is 2. The molecular weight excluding hydrogens is 330 g/mol. The zero-order chi connectivity index (χ0) is 16.0. The number of nitrogens with one attached hydrogen (secondary N) is 1. The molecule has 0 aromatic heterocycles. The van der Waals surface area contributed by atoms with Crippen molar-refractivity contribution < 1.29 is 4.79 Å². The normalized spacial score (nSPS) is 14.3. The Morgan fingerprint density at radius 2 is 2.10 bits per heavy atom. The largest absolute Gasteiger partial charge is 0.353 e. The van der Waals surface area contributed by atoms with Crippen molar-refractivity contribution in [2.45, 2.75) is 45.3 Å². The van der Waals surface area contributed by atoms with Gasteiger partial charge in [-0.2, -0.15) is 0 Å². The third kappa shape index (κ3) is 5.77. The van der Waals surface area contributed by atoms with Gasteiger partial charge in [0.2, 0.25) is 5.91 Å². The fourth-order valence-corrected chi connectivity index (χ4v) is 2.85. The summed E-state index contributed by atoms with van der Waals surface area (Å²) < 4.78 is 1.02. The van der Waals surface area contributed by atoms with E-state index in [-0.39, 0.29) is 24.0 Å². The number of amides is 1. The van der Waals surface area contributed by atoms with Gasteiger partial charge in [-0.1, -0.05) is 35.0 Å². The van der Waals surface area contributed by atoms with Crippen LogP contribution in [0.25, 0.3) is 0 Å². The zero-order valence-electron chi connectivity index (χ0n) is 13.3. The summed E-state index contributed by atoms with van der Waals surface area (Å²) in [6.45, 7) is 6.32. The van der Waals surface area contributed by atoms with Gasteiger partial charge in [0.05, 0.1) is 12.6 Å². The summed E-state index contributed by atoms with van der Waals surface area (Å²) in [6, 6.07) is 8.26. The van der Waals surface area contributed by atoms with Gasteiger partial charge in [0.15, 0.2) is 0 Å². The first-order valence-corrected chi connectivity index (χ1v) is 8.15. The first kappa shape index (κ1) is 18.1. The minimum Gasteiger partial charge on any atom is -0.353 e. The van der Waals surface area contributed by atoms with Crippen LogP contribution in [-0.4, -0.2) is 36.5 Å². The quantitative estimate of drug-likeness (QED) is 0.790. The Morgan fingerprint density at radius 3 is 2.62 bits per heavy atom. The van der Waals surface area contributed by atoms with E-state index in [0.29, 0.717) is 6.54 Å². The fourth-order valence-electron chi connectivity index (χ4n) is 2.43. The summed E-state index contributed by atoms with van der Waals surface area (Å²) in [5, 5.41) is 2.92. The SMILES string of the molecule is CCC(N)C(c1cccc(Br)c1)N(C)CC(=O)NC(C)C. The summed E-state index contributed by atoms with van der Waals surface area (Å²) >= 11 is 3.50. The molecule has 0 aliphatic carbocycles. The van der Waals surface area contributed by atoms with E-state index in [2.05, 4.69) is 40.3 Å². The van der Waals surface area contributed by atoms with E-state index in [9.17, 15) is 4.79 Å². The van der Waals surface area contributed by atoms with Crippen LogP contribution < -0.4 is 11.1 Å². The van der Waals surface area contributed by atoms with Crippen LogP contribution in [0.5, 0.6) is 0 Å². The molecule has 0 spiro atoms. The number of likely N-dealkylation sites (N-methyl/N-ethyl adjacent to an activating group) is 1. The van der Waals surface area contributed by atoms with Crippen LogP contribution in [0, 0.1) is 0 Å². The second-order valence-corrected chi connectivity index (χ2v) is 6.62. The molecule has 0 bridgehead atoms. The number of carbonyl (C=O) groups is 1. The van der Waals surface area contributed by atoms with Crippen LogP contribution in [-0.2, 0) is 4.79 Å². The highest BCUT2D eigenvalue weighted by molar-refractivity contribution is 9.10.